The number of carbonyl (C=O) groups excluding carboxylic acids is 2. The Kier molecular flexibility index (Phi) is 6.18. The molecule has 1 N–H and O–H groups in total. The van der Waals surface area contributed by atoms with Crippen LogP contribution in [0.15, 0.2) is 30.9 Å². The number of nitrogens with one attached hydrogen (secondary N) is 1. The molecule has 1 saturated heterocycles. The molecule has 1 aromatic carbocycles. The summed E-state index contributed by atoms with van der Waals surface area (Å²) in [5.74, 6) is 0.0969. The highest BCUT2D eigenvalue weighted by molar-refractivity contribution is 5.93. The van der Waals surface area contributed by atoms with Crippen LogP contribution in [-0.4, -0.2) is 69.1 Å². The van der Waals surface area contributed by atoms with Crippen LogP contribution < -0.4 is 5.32 Å². The van der Waals surface area contributed by atoms with Gasteiger partial charge in [0.15, 0.2) is 0 Å². The van der Waals surface area contributed by atoms with Gasteiger partial charge in [-0.1, -0.05) is 12.1 Å². The van der Waals surface area contributed by atoms with E-state index in [1.165, 1.54) is 6.33 Å². The van der Waals surface area contributed by atoms with Crippen molar-refractivity contribution in [1.82, 2.24) is 24.6 Å². The maximum Gasteiger partial charge on any atom is 0.238 e. The van der Waals surface area contributed by atoms with Gasteiger partial charge in [0.05, 0.1) is 13.1 Å². The van der Waals surface area contributed by atoms with Crippen LogP contribution in [0, 0.1) is 13.8 Å². The highest BCUT2D eigenvalue weighted by Gasteiger charge is 2.22. The number of aromatic nitrogens is 3. The minimum atomic E-state index is -0.0188. The predicted molar refractivity (Wildman–Crippen MR) is 102 cm³/mol. The fourth-order valence-corrected chi connectivity index (χ4v) is 3.15. The van der Waals surface area contributed by atoms with Crippen LogP contribution in [0.4, 0.5) is 5.69 Å². The zero-order chi connectivity index (χ0) is 19.2. The van der Waals surface area contributed by atoms with Crippen LogP contribution in [0.5, 0.6) is 0 Å². The molecule has 1 fully saturated rings. The number of aryl methyl sites for hydroxylation is 2. The van der Waals surface area contributed by atoms with Crippen molar-refractivity contribution in [1.29, 1.82) is 0 Å². The predicted octanol–water partition coefficient (Wildman–Crippen LogP) is 1.07. The number of hydrogen-bond donors (Lipinski definition) is 1. The minimum absolute atomic E-state index is 0.0188. The third-order valence-electron chi connectivity index (χ3n) is 4.99. The molecule has 27 heavy (non-hydrogen) atoms. The van der Waals surface area contributed by atoms with E-state index in [0.717, 1.165) is 16.8 Å². The monoisotopic (exact) mass is 370 g/mol. The fraction of sp³-hybridized carbons (Fsp3) is 0.474. The molecule has 3 rings (SSSR count). The van der Waals surface area contributed by atoms with E-state index < -0.39 is 0 Å². The number of piperazine rings is 1. The van der Waals surface area contributed by atoms with Crippen LogP contribution in [0.25, 0.3) is 0 Å². The van der Waals surface area contributed by atoms with Gasteiger partial charge < -0.3 is 10.2 Å². The summed E-state index contributed by atoms with van der Waals surface area (Å²) in [6.07, 6.45) is 3.49. The first-order valence-electron chi connectivity index (χ1n) is 9.21. The smallest absolute Gasteiger partial charge is 0.238 e. The van der Waals surface area contributed by atoms with Crippen LogP contribution in [0.2, 0.25) is 0 Å². The summed E-state index contributed by atoms with van der Waals surface area (Å²) in [5.41, 5.74) is 3.11. The molecule has 0 saturated carbocycles. The Morgan fingerprint density at radius 2 is 1.93 bits per heavy atom. The van der Waals surface area contributed by atoms with Crippen LogP contribution in [-0.2, 0) is 16.1 Å². The maximum atomic E-state index is 12.3. The lowest BCUT2D eigenvalue weighted by Crippen LogP contribution is -2.50. The second-order valence-corrected chi connectivity index (χ2v) is 6.86. The number of anilines is 1. The third kappa shape index (κ3) is 5.13. The molecule has 0 atom stereocenters. The van der Waals surface area contributed by atoms with Gasteiger partial charge in [-0.3, -0.25) is 19.2 Å². The van der Waals surface area contributed by atoms with Crippen molar-refractivity contribution < 1.29 is 9.59 Å². The van der Waals surface area contributed by atoms with E-state index in [0.29, 0.717) is 45.7 Å². The van der Waals surface area contributed by atoms with Crippen molar-refractivity contribution in [2.45, 2.75) is 26.8 Å². The quantitative estimate of drug-likeness (QED) is 0.822. The normalized spacial score (nSPS) is 15.0. The highest BCUT2D eigenvalue weighted by atomic mass is 16.2. The molecule has 0 unspecified atom stereocenters. The number of nitrogens with zero attached hydrogens (tertiary/aromatic N) is 5. The molecular weight excluding hydrogens is 344 g/mol. The lowest BCUT2D eigenvalue weighted by Gasteiger charge is -2.34. The van der Waals surface area contributed by atoms with Gasteiger partial charge in [0.1, 0.15) is 12.7 Å². The van der Waals surface area contributed by atoms with Crippen LogP contribution >= 0.6 is 0 Å². The Labute approximate surface area is 159 Å². The first-order chi connectivity index (χ1) is 13.0. The van der Waals surface area contributed by atoms with Crippen molar-refractivity contribution in [3.8, 4) is 0 Å². The van der Waals surface area contributed by atoms with Crippen molar-refractivity contribution >= 4 is 17.5 Å². The largest absolute Gasteiger partial charge is 0.340 e. The average Bonchev–Trinajstić information content (AvgIpc) is 3.18. The first kappa shape index (κ1) is 19.0. The number of rotatable bonds is 6. The topological polar surface area (TPSA) is 83.4 Å². The Morgan fingerprint density at radius 3 is 2.63 bits per heavy atom. The van der Waals surface area contributed by atoms with Gasteiger partial charge in [-0.15, -0.1) is 0 Å². The molecule has 1 aliphatic rings. The van der Waals surface area contributed by atoms with Crippen molar-refractivity contribution in [2.24, 2.45) is 0 Å². The SMILES string of the molecule is Cc1cccc(NC(=O)CN2CCN(C(=O)CCn3cncn3)CC2)c1C. The Hall–Kier alpha value is -2.74. The summed E-state index contributed by atoms with van der Waals surface area (Å²) >= 11 is 0. The van der Waals surface area contributed by atoms with Gasteiger partial charge in [0.25, 0.3) is 0 Å². The van der Waals surface area contributed by atoms with Gasteiger partial charge >= 0.3 is 0 Å². The maximum absolute atomic E-state index is 12.3. The number of carbonyl (C=O) groups is 2. The zero-order valence-corrected chi connectivity index (χ0v) is 15.9. The molecule has 144 valence electrons. The average molecular weight is 370 g/mol. The Morgan fingerprint density at radius 1 is 1.15 bits per heavy atom. The standard InChI is InChI=1S/C19H26N6O2/c1-15-4-3-5-17(16(15)2)22-18(26)12-23-8-10-24(11-9-23)19(27)6-7-25-14-20-13-21-25/h3-5,13-14H,6-12H2,1-2H3,(H,22,26). The van der Waals surface area contributed by atoms with E-state index in [2.05, 4.69) is 20.3 Å². The van der Waals surface area contributed by atoms with Crippen molar-refractivity contribution in [3.05, 3.63) is 42.0 Å². The minimum Gasteiger partial charge on any atom is -0.340 e. The molecule has 0 spiro atoms. The number of hydrogen-bond acceptors (Lipinski definition) is 5. The summed E-state index contributed by atoms with van der Waals surface area (Å²) in [4.78, 5) is 32.5. The van der Waals surface area contributed by atoms with Crippen LogP contribution in [0.1, 0.15) is 17.5 Å². The van der Waals surface area contributed by atoms with Gasteiger partial charge in [0, 0.05) is 38.3 Å². The van der Waals surface area contributed by atoms with E-state index in [1.54, 1.807) is 11.0 Å². The molecule has 0 bridgehead atoms. The molecule has 2 heterocycles. The second-order valence-electron chi connectivity index (χ2n) is 6.86. The molecule has 1 aromatic heterocycles. The van der Waals surface area contributed by atoms with Gasteiger partial charge in [-0.25, -0.2) is 4.98 Å². The van der Waals surface area contributed by atoms with Gasteiger partial charge in [-0.2, -0.15) is 5.10 Å². The third-order valence-corrected chi connectivity index (χ3v) is 4.99. The summed E-state index contributed by atoms with van der Waals surface area (Å²) in [6, 6.07) is 5.90. The van der Waals surface area contributed by atoms with E-state index in [-0.39, 0.29) is 11.8 Å². The molecule has 8 heteroatoms. The number of benzene rings is 1. The molecule has 1 aliphatic heterocycles. The summed E-state index contributed by atoms with van der Waals surface area (Å²) < 4.78 is 1.66. The molecule has 0 radical (unpaired) electrons. The van der Waals surface area contributed by atoms with Crippen LogP contribution in [0.3, 0.4) is 0 Å². The number of amides is 2. The molecule has 2 amide bonds. The summed E-state index contributed by atoms with van der Waals surface area (Å²) in [7, 11) is 0. The molecular formula is C19H26N6O2. The highest BCUT2D eigenvalue weighted by Crippen LogP contribution is 2.18. The Balaban J connectivity index is 1.41. The van der Waals surface area contributed by atoms with E-state index >= 15 is 0 Å². The zero-order valence-electron chi connectivity index (χ0n) is 15.9. The van der Waals surface area contributed by atoms with Crippen molar-refractivity contribution in [2.75, 3.05) is 38.0 Å². The second kappa shape index (κ2) is 8.77. The molecule has 0 aliphatic carbocycles. The molecule has 8 nitrogen and oxygen atoms in total. The van der Waals surface area contributed by atoms with Gasteiger partial charge in [-0.05, 0) is 31.0 Å². The van der Waals surface area contributed by atoms with Gasteiger partial charge in [0.2, 0.25) is 11.8 Å². The fourth-order valence-electron chi connectivity index (χ4n) is 3.15. The van der Waals surface area contributed by atoms with Crippen molar-refractivity contribution in [3.63, 3.8) is 0 Å². The van der Waals surface area contributed by atoms with E-state index in [1.807, 2.05) is 36.9 Å². The lowest BCUT2D eigenvalue weighted by molar-refractivity contribution is -0.133. The van der Waals surface area contributed by atoms with E-state index in [4.69, 9.17) is 0 Å². The summed E-state index contributed by atoms with van der Waals surface area (Å²) in [6.45, 7) is 7.62. The first-order valence-corrected chi connectivity index (χ1v) is 9.21. The lowest BCUT2D eigenvalue weighted by atomic mass is 10.1. The molecule has 2 aromatic rings. The van der Waals surface area contributed by atoms with E-state index in [9.17, 15) is 9.59 Å². The summed E-state index contributed by atoms with van der Waals surface area (Å²) in [5, 5.41) is 7.00. The Bertz CT molecular complexity index is 782.